The van der Waals surface area contributed by atoms with Gasteiger partial charge in [-0.3, -0.25) is 4.79 Å². The van der Waals surface area contributed by atoms with Crippen LogP contribution >= 0.6 is 11.3 Å². The lowest BCUT2D eigenvalue weighted by atomic mass is 10.2. The summed E-state index contributed by atoms with van der Waals surface area (Å²) in [7, 11) is 0. The standard InChI is InChI=1S/C16H19N5OS/c1-2-10-8-11-15(22)17-12(18-16(11)23-10)9-14-20-19-13-6-4-3-5-7-21(13)14/h8H,2-7,9H2,1H3,(H,17,18,22). The zero-order valence-electron chi connectivity index (χ0n) is 13.1. The summed E-state index contributed by atoms with van der Waals surface area (Å²) in [6, 6.07) is 1.94. The van der Waals surface area contributed by atoms with Gasteiger partial charge in [0.05, 0.1) is 11.8 Å². The Labute approximate surface area is 137 Å². The van der Waals surface area contributed by atoms with Crippen LogP contribution in [-0.2, 0) is 25.8 Å². The highest BCUT2D eigenvalue weighted by Gasteiger charge is 2.16. The van der Waals surface area contributed by atoms with Crippen molar-refractivity contribution < 1.29 is 0 Å². The maximum atomic E-state index is 12.3. The molecule has 0 atom stereocenters. The molecule has 0 unspecified atom stereocenters. The summed E-state index contributed by atoms with van der Waals surface area (Å²) in [6.45, 7) is 3.05. The molecule has 0 saturated heterocycles. The maximum Gasteiger partial charge on any atom is 0.259 e. The Balaban J connectivity index is 1.70. The average molecular weight is 329 g/mol. The Morgan fingerprint density at radius 1 is 1.30 bits per heavy atom. The van der Waals surface area contributed by atoms with E-state index in [1.165, 1.54) is 17.7 Å². The number of nitrogens with zero attached hydrogens (tertiary/aromatic N) is 4. The molecule has 1 N–H and O–H groups in total. The average Bonchev–Trinajstić information content (AvgIpc) is 3.04. The summed E-state index contributed by atoms with van der Waals surface area (Å²) in [6.07, 6.45) is 6.00. The lowest BCUT2D eigenvalue weighted by Crippen LogP contribution is -2.13. The molecule has 4 heterocycles. The molecular formula is C16H19N5OS. The van der Waals surface area contributed by atoms with Gasteiger partial charge in [-0.1, -0.05) is 13.3 Å². The molecule has 1 aliphatic heterocycles. The van der Waals surface area contributed by atoms with Gasteiger partial charge in [-0.2, -0.15) is 0 Å². The molecule has 0 amide bonds. The second-order valence-electron chi connectivity index (χ2n) is 5.97. The SMILES string of the molecule is CCc1cc2c(=O)[nH]c(Cc3nnc4n3CCCCC4)nc2s1. The van der Waals surface area contributed by atoms with Gasteiger partial charge in [-0.05, 0) is 25.3 Å². The molecule has 3 aromatic rings. The number of fused-ring (bicyclic) bond motifs is 2. The molecule has 4 rings (SSSR count). The van der Waals surface area contributed by atoms with Gasteiger partial charge < -0.3 is 9.55 Å². The Hall–Kier alpha value is -2.02. The van der Waals surface area contributed by atoms with Crippen LogP contribution in [0.2, 0.25) is 0 Å². The largest absolute Gasteiger partial charge is 0.315 e. The molecule has 3 aromatic heterocycles. The minimum atomic E-state index is -0.0587. The van der Waals surface area contributed by atoms with E-state index in [1.54, 1.807) is 11.3 Å². The topological polar surface area (TPSA) is 76.5 Å². The van der Waals surface area contributed by atoms with Crippen molar-refractivity contribution in [2.24, 2.45) is 0 Å². The fraction of sp³-hybridized carbons (Fsp3) is 0.500. The highest BCUT2D eigenvalue weighted by atomic mass is 32.1. The van der Waals surface area contributed by atoms with Crippen LogP contribution in [-0.4, -0.2) is 24.7 Å². The van der Waals surface area contributed by atoms with Crippen LogP contribution in [0.25, 0.3) is 10.2 Å². The fourth-order valence-corrected chi connectivity index (χ4v) is 4.10. The number of aromatic amines is 1. The third-order valence-corrected chi connectivity index (χ3v) is 5.54. The van der Waals surface area contributed by atoms with Crippen molar-refractivity contribution in [2.45, 2.75) is 52.0 Å². The number of thiophene rings is 1. The van der Waals surface area contributed by atoms with Gasteiger partial charge in [0.1, 0.15) is 22.3 Å². The molecule has 7 heteroatoms. The van der Waals surface area contributed by atoms with Crippen molar-refractivity contribution in [1.29, 1.82) is 0 Å². The zero-order chi connectivity index (χ0) is 15.8. The summed E-state index contributed by atoms with van der Waals surface area (Å²) in [5, 5.41) is 9.32. The second kappa shape index (κ2) is 5.88. The van der Waals surface area contributed by atoms with Crippen LogP contribution in [0.3, 0.4) is 0 Å². The zero-order valence-corrected chi connectivity index (χ0v) is 13.9. The van der Waals surface area contributed by atoms with Gasteiger partial charge in [-0.25, -0.2) is 4.98 Å². The Morgan fingerprint density at radius 2 is 2.22 bits per heavy atom. The van der Waals surface area contributed by atoms with E-state index in [-0.39, 0.29) is 5.56 Å². The molecule has 0 radical (unpaired) electrons. The molecule has 0 saturated carbocycles. The first-order valence-corrected chi connectivity index (χ1v) is 8.99. The van der Waals surface area contributed by atoms with Crippen molar-refractivity contribution in [3.63, 3.8) is 0 Å². The molecular weight excluding hydrogens is 310 g/mol. The van der Waals surface area contributed by atoms with Gasteiger partial charge in [0.25, 0.3) is 5.56 Å². The Kier molecular flexibility index (Phi) is 3.72. The van der Waals surface area contributed by atoms with E-state index in [9.17, 15) is 4.79 Å². The third kappa shape index (κ3) is 2.69. The van der Waals surface area contributed by atoms with Crippen LogP contribution in [0.15, 0.2) is 10.9 Å². The summed E-state index contributed by atoms with van der Waals surface area (Å²) < 4.78 is 2.20. The van der Waals surface area contributed by atoms with E-state index in [1.807, 2.05) is 6.07 Å². The molecule has 6 nitrogen and oxygen atoms in total. The Morgan fingerprint density at radius 3 is 3.09 bits per heavy atom. The highest BCUT2D eigenvalue weighted by molar-refractivity contribution is 7.18. The number of H-pyrrole nitrogens is 1. The monoisotopic (exact) mass is 329 g/mol. The fourth-order valence-electron chi connectivity index (χ4n) is 3.11. The lowest BCUT2D eigenvalue weighted by molar-refractivity contribution is 0.609. The summed E-state index contributed by atoms with van der Waals surface area (Å²) in [5.74, 6) is 2.63. The normalized spacial score (nSPS) is 14.8. The number of aromatic nitrogens is 5. The molecule has 1 aliphatic rings. The molecule has 0 aliphatic carbocycles. The van der Waals surface area contributed by atoms with E-state index in [4.69, 9.17) is 0 Å². The van der Waals surface area contributed by atoms with E-state index in [0.717, 1.165) is 42.3 Å². The van der Waals surface area contributed by atoms with Gasteiger partial charge in [0.15, 0.2) is 0 Å². The first-order chi connectivity index (χ1) is 11.2. The van der Waals surface area contributed by atoms with Crippen LogP contribution in [0, 0.1) is 0 Å². The summed E-state index contributed by atoms with van der Waals surface area (Å²) in [5.41, 5.74) is -0.0587. The number of hydrogen-bond acceptors (Lipinski definition) is 5. The van der Waals surface area contributed by atoms with Crippen LogP contribution in [0.4, 0.5) is 0 Å². The quantitative estimate of drug-likeness (QED) is 0.801. The van der Waals surface area contributed by atoms with E-state index < -0.39 is 0 Å². The van der Waals surface area contributed by atoms with Gasteiger partial charge in [0, 0.05) is 17.8 Å². The van der Waals surface area contributed by atoms with Crippen molar-refractivity contribution in [1.82, 2.24) is 24.7 Å². The van der Waals surface area contributed by atoms with Crippen molar-refractivity contribution >= 4 is 21.6 Å². The van der Waals surface area contributed by atoms with Crippen molar-refractivity contribution in [3.8, 4) is 0 Å². The van der Waals surface area contributed by atoms with Crippen LogP contribution < -0.4 is 5.56 Å². The number of rotatable bonds is 3. The van der Waals surface area contributed by atoms with Crippen molar-refractivity contribution in [2.75, 3.05) is 0 Å². The predicted octanol–water partition coefficient (Wildman–Crippen LogP) is 2.46. The second-order valence-corrected chi connectivity index (χ2v) is 7.08. The van der Waals surface area contributed by atoms with Gasteiger partial charge >= 0.3 is 0 Å². The van der Waals surface area contributed by atoms with Crippen molar-refractivity contribution in [3.05, 3.63) is 38.8 Å². The number of hydrogen-bond donors (Lipinski definition) is 1. The minimum Gasteiger partial charge on any atom is -0.315 e. The third-order valence-electron chi connectivity index (χ3n) is 4.36. The first kappa shape index (κ1) is 14.6. The maximum absolute atomic E-state index is 12.3. The summed E-state index contributed by atoms with van der Waals surface area (Å²) in [4.78, 5) is 21.8. The lowest BCUT2D eigenvalue weighted by Gasteiger charge is -2.06. The molecule has 0 fully saturated rings. The molecule has 120 valence electrons. The minimum absolute atomic E-state index is 0.0587. The predicted molar refractivity (Wildman–Crippen MR) is 90.0 cm³/mol. The van der Waals surface area contributed by atoms with Gasteiger partial charge in [0.2, 0.25) is 0 Å². The van der Waals surface area contributed by atoms with E-state index in [0.29, 0.717) is 17.6 Å². The molecule has 0 aromatic carbocycles. The highest BCUT2D eigenvalue weighted by Crippen LogP contribution is 2.22. The Bertz CT molecular complexity index is 907. The molecule has 0 spiro atoms. The van der Waals surface area contributed by atoms with Crippen LogP contribution in [0.1, 0.15) is 48.5 Å². The number of aryl methyl sites for hydroxylation is 2. The van der Waals surface area contributed by atoms with Crippen LogP contribution in [0.5, 0.6) is 0 Å². The van der Waals surface area contributed by atoms with Gasteiger partial charge in [-0.15, -0.1) is 21.5 Å². The molecule has 0 bridgehead atoms. The smallest absolute Gasteiger partial charge is 0.259 e. The van der Waals surface area contributed by atoms with E-state index >= 15 is 0 Å². The first-order valence-electron chi connectivity index (χ1n) is 8.17. The molecule has 23 heavy (non-hydrogen) atoms. The summed E-state index contributed by atoms with van der Waals surface area (Å²) >= 11 is 1.60. The number of nitrogens with one attached hydrogen (secondary N) is 1. The van der Waals surface area contributed by atoms with E-state index in [2.05, 4.69) is 31.7 Å².